The summed E-state index contributed by atoms with van der Waals surface area (Å²) in [6, 6.07) is 1.98. The second kappa shape index (κ2) is 4.72. The Morgan fingerprint density at radius 3 is 2.69 bits per heavy atom. The summed E-state index contributed by atoms with van der Waals surface area (Å²) in [7, 11) is 0. The second-order valence-corrected chi connectivity index (χ2v) is 4.44. The van der Waals surface area contributed by atoms with Crippen molar-refractivity contribution in [1.29, 1.82) is 0 Å². The van der Waals surface area contributed by atoms with Gasteiger partial charge in [0.1, 0.15) is 0 Å². The molecule has 0 saturated heterocycles. The molecular weight excluding hydrogens is 230 g/mol. The first-order valence-corrected chi connectivity index (χ1v) is 5.16. The Morgan fingerprint density at radius 2 is 2.15 bits per heavy atom. The van der Waals surface area contributed by atoms with Crippen LogP contribution in [0.1, 0.15) is 19.4 Å². The van der Waals surface area contributed by atoms with E-state index >= 15 is 0 Å². The van der Waals surface area contributed by atoms with Gasteiger partial charge in [0.15, 0.2) is 0 Å². The third-order valence-corrected chi connectivity index (χ3v) is 2.41. The highest BCUT2D eigenvalue weighted by molar-refractivity contribution is 9.10. The van der Waals surface area contributed by atoms with Gasteiger partial charge in [0.05, 0.1) is 6.10 Å². The fourth-order valence-corrected chi connectivity index (χ4v) is 1.46. The Labute approximate surface area is 87.1 Å². The van der Waals surface area contributed by atoms with E-state index in [2.05, 4.69) is 20.9 Å². The summed E-state index contributed by atoms with van der Waals surface area (Å²) < 4.78 is 0.959. The summed E-state index contributed by atoms with van der Waals surface area (Å²) in [5.41, 5.74) is 1.07. The number of aromatic nitrogens is 1. The number of hydrogen-bond donors (Lipinski definition) is 1. The van der Waals surface area contributed by atoms with Crippen LogP contribution < -0.4 is 0 Å². The summed E-state index contributed by atoms with van der Waals surface area (Å²) >= 11 is 3.34. The summed E-state index contributed by atoms with van der Waals surface area (Å²) in [6.45, 7) is 4.02. The van der Waals surface area contributed by atoms with Crippen LogP contribution in [0.2, 0.25) is 0 Å². The van der Waals surface area contributed by atoms with E-state index in [-0.39, 0.29) is 6.10 Å². The van der Waals surface area contributed by atoms with Crippen molar-refractivity contribution < 1.29 is 5.11 Å². The Kier molecular flexibility index (Phi) is 3.88. The lowest BCUT2D eigenvalue weighted by Gasteiger charge is -2.13. The molecule has 0 bridgehead atoms. The van der Waals surface area contributed by atoms with E-state index in [0.29, 0.717) is 12.3 Å². The zero-order valence-electron chi connectivity index (χ0n) is 7.87. The summed E-state index contributed by atoms with van der Waals surface area (Å²) in [5, 5.41) is 9.63. The van der Waals surface area contributed by atoms with Crippen LogP contribution in [0.4, 0.5) is 0 Å². The molecule has 1 atom stereocenters. The number of pyridine rings is 1. The van der Waals surface area contributed by atoms with Crippen LogP contribution >= 0.6 is 15.9 Å². The molecule has 2 nitrogen and oxygen atoms in total. The predicted octanol–water partition coefficient (Wildman–Crippen LogP) is 2.40. The van der Waals surface area contributed by atoms with Crippen LogP contribution in [0, 0.1) is 5.92 Å². The van der Waals surface area contributed by atoms with Crippen LogP contribution in [0.25, 0.3) is 0 Å². The van der Waals surface area contributed by atoms with Crippen LogP contribution in [0.15, 0.2) is 22.9 Å². The number of nitrogens with zero attached hydrogens (tertiary/aromatic N) is 1. The molecule has 3 heteroatoms. The molecule has 13 heavy (non-hydrogen) atoms. The first kappa shape index (κ1) is 10.7. The van der Waals surface area contributed by atoms with Crippen molar-refractivity contribution >= 4 is 15.9 Å². The molecule has 1 unspecified atom stereocenters. The van der Waals surface area contributed by atoms with Gasteiger partial charge in [0, 0.05) is 23.3 Å². The third kappa shape index (κ3) is 3.44. The van der Waals surface area contributed by atoms with Crippen molar-refractivity contribution in [3.8, 4) is 0 Å². The van der Waals surface area contributed by atoms with Gasteiger partial charge in [-0.05, 0) is 33.5 Å². The number of halogens is 1. The minimum atomic E-state index is -0.281. The van der Waals surface area contributed by atoms with E-state index in [1.54, 1.807) is 12.4 Å². The van der Waals surface area contributed by atoms with E-state index in [9.17, 15) is 5.11 Å². The molecule has 0 saturated carbocycles. The molecule has 1 heterocycles. The first-order chi connectivity index (χ1) is 6.09. The second-order valence-electron chi connectivity index (χ2n) is 3.53. The lowest BCUT2D eigenvalue weighted by molar-refractivity contribution is 0.125. The van der Waals surface area contributed by atoms with Crippen molar-refractivity contribution in [2.24, 2.45) is 5.92 Å². The van der Waals surface area contributed by atoms with E-state index in [1.165, 1.54) is 0 Å². The van der Waals surface area contributed by atoms with Crippen molar-refractivity contribution in [2.45, 2.75) is 26.4 Å². The quantitative estimate of drug-likeness (QED) is 0.885. The molecule has 0 radical (unpaired) electrons. The summed E-state index contributed by atoms with van der Waals surface area (Å²) in [5.74, 6) is 0.291. The van der Waals surface area contributed by atoms with Crippen LogP contribution in [-0.4, -0.2) is 16.2 Å². The SMILES string of the molecule is CC(C)C(O)Cc1cncc(Br)c1. The molecule has 0 aliphatic rings. The first-order valence-electron chi connectivity index (χ1n) is 4.37. The van der Waals surface area contributed by atoms with Gasteiger partial charge in [0.2, 0.25) is 0 Å². The van der Waals surface area contributed by atoms with Gasteiger partial charge in [-0.2, -0.15) is 0 Å². The van der Waals surface area contributed by atoms with Gasteiger partial charge in [-0.1, -0.05) is 13.8 Å². The largest absolute Gasteiger partial charge is 0.393 e. The topological polar surface area (TPSA) is 33.1 Å². The molecule has 0 amide bonds. The molecule has 0 aromatic carbocycles. The van der Waals surface area contributed by atoms with Crippen molar-refractivity contribution in [3.63, 3.8) is 0 Å². The molecule has 0 aliphatic carbocycles. The normalized spacial score (nSPS) is 13.3. The van der Waals surface area contributed by atoms with Gasteiger partial charge in [0.25, 0.3) is 0 Å². The number of hydrogen-bond acceptors (Lipinski definition) is 2. The van der Waals surface area contributed by atoms with Gasteiger partial charge in [-0.15, -0.1) is 0 Å². The van der Waals surface area contributed by atoms with Crippen molar-refractivity contribution in [1.82, 2.24) is 4.98 Å². The van der Waals surface area contributed by atoms with E-state index < -0.39 is 0 Å². The van der Waals surface area contributed by atoms with E-state index in [0.717, 1.165) is 10.0 Å². The Morgan fingerprint density at radius 1 is 1.46 bits per heavy atom. The number of rotatable bonds is 3. The smallest absolute Gasteiger partial charge is 0.0604 e. The van der Waals surface area contributed by atoms with Gasteiger partial charge in [-0.3, -0.25) is 4.98 Å². The highest BCUT2D eigenvalue weighted by Crippen LogP contribution is 2.13. The van der Waals surface area contributed by atoms with Crippen LogP contribution in [0.3, 0.4) is 0 Å². The molecule has 0 aliphatic heterocycles. The van der Waals surface area contributed by atoms with Crippen LogP contribution in [-0.2, 0) is 6.42 Å². The Bertz CT molecular complexity index is 275. The molecule has 1 rings (SSSR count). The molecule has 1 aromatic rings. The molecule has 1 aromatic heterocycles. The highest BCUT2D eigenvalue weighted by Gasteiger charge is 2.09. The average molecular weight is 244 g/mol. The standard InChI is InChI=1S/C10H14BrNO/c1-7(2)10(13)4-8-3-9(11)6-12-5-8/h3,5-7,10,13H,4H2,1-2H3. The van der Waals surface area contributed by atoms with E-state index in [4.69, 9.17) is 0 Å². The molecule has 72 valence electrons. The predicted molar refractivity (Wildman–Crippen MR) is 56.5 cm³/mol. The average Bonchev–Trinajstić information content (AvgIpc) is 2.04. The maximum Gasteiger partial charge on any atom is 0.0604 e. The molecule has 0 spiro atoms. The minimum absolute atomic E-state index is 0.281. The Balaban J connectivity index is 2.64. The van der Waals surface area contributed by atoms with Crippen molar-refractivity contribution in [2.75, 3.05) is 0 Å². The minimum Gasteiger partial charge on any atom is -0.393 e. The maximum absolute atomic E-state index is 9.63. The van der Waals surface area contributed by atoms with Gasteiger partial charge in [-0.25, -0.2) is 0 Å². The molecular formula is C10H14BrNO. The van der Waals surface area contributed by atoms with Crippen molar-refractivity contribution in [3.05, 3.63) is 28.5 Å². The van der Waals surface area contributed by atoms with Gasteiger partial charge < -0.3 is 5.11 Å². The number of aliphatic hydroxyl groups is 1. The van der Waals surface area contributed by atoms with Gasteiger partial charge >= 0.3 is 0 Å². The monoisotopic (exact) mass is 243 g/mol. The third-order valence-electron chi connectivity index (χ3n) is 1.98. The molecule has 0 fully saturated rings. The van der Waals surface area contributed by atoms with E-state index in [1.807, 2.05) is 19.9 Å². The fourth-order valence-electron chi connectivity index (χ4n) is 1.04. The zero-order valence-corrected chi connectivity index (χ0v) is 9.45. The Hall–Kier alpha value is -0.410. The zero-order chi connectivity index (χ0) is 9.84. The summed E-state index contributed by atoms with van der Waals surface area (Å²) in [6.07, 6.45) is 3.92. The summed E-state index contributed by atoms with van der Waals surface area (Å²) in [4.78, 5) is 4.04. The molecule has 1 N–H and O–H groups in total. The fraction of sp³-hybridized carbons (Fsp3) is 0.500. The maximum atomic E-state index is 9.63. The van der Waals surface area contributed by atoms with Crippen LogP contribution in [0.5, 0.6) is 0 Å². The lowest BCUT2D eigenvalue weighted by atomic mass is 10.0. The lowest BCUT2D eigenvalue weighted by Crippen LogP contribution is -2.17. The highest BCUT2D eigenvalue weighted by atomic mass is 79.9. The number of aliphatic hydroxyl groups excluding tert-OH is 1.